The van der Waals surface area contributed by atoms with Gasteiger partial charge in [-0.1, -0.05) is 12.1 Å². The van der Waals surface area contributed by atoms with Crippen molar-refractivity contribution in [2.24, 2.45) is 0 Å². The first-order valence-corrected chi connectivity index (χ1v) is 10.2. The molecule has 0 saturated heterocycles. The fourth-order valence-corrected chi connectivity index (χ4v) is 3.95. The van der Waals surface area contributed by atoms with Gasteiger partial charge in [0.25, 0.3) is 0 Å². The number of nitrogens with zero attached hydrogens (tertiary/aromatic N) is 4. The Hall–Kier alpha value is -3.26. The molecule has 1 aliphatic rings. The average Bonchev–Trinajstić information content (AvgIpc) is 3.07. The van der Waals surface area contributed by atoms with E-state index in [1.54, 1.807) is 19.1 Å². The van der Waals surface area contributed by atoms with Crippen LogP contribution in [0.25, 0.3) is 17.3 Å². The van der Waals surface area contributed by atoms with Crippen LogP contribution in [0.3, 0.4) is 0 Å². The molecular weight excluding hydrogens is 402 g/mol. The Labute approximate surface area is 178 Å². The SMILES string of the molecule is CCn1c(CO)nn(-c2cc3c(cc2F)C=C(c2cccc(F)c2)CN3C(C)C)c1=O. The number of aliphatic hydroxyl groups excluding tert-OH is 1. The minimum Gasteiger partial charge on any atom is -0.388 e. The number of fused-ring (bicyclic) bond motifs is 1. The highest BCUT2D eigenvalue weighted by atomic mass is 19.1. The van der Waals surface area contributed by atoms with E-state index in [9.17, 15) is 14.3 Å². The van der Waals surface area contributed by atoms with Crippen LogP contribution in [-0.4, -0.2) is 32.0 Å². The van der Waals surface area contributed by atoms with E-state index in [4.69, 9.17) is 0 Å². The number of aromatic nitrogens is 3. The summed E-state index contributed by atoms with van der Waals surface area (Å²) in [6.45, 7) is 6.21. The van der Waals surface area contributed by atoms with Crippen molar-refractivity contribution in [3.63, 3.8) is 0 Å². The zero-order valence-corrected chi connectivity index (χ0v) is 17.6. The molecule has 0 radical (unpaired) electrons. The van der Waals surface area contributed by atoms with E-state index in [2.05, 4.69) is 10.00 Å². The van der Waals surface area contributed by atoms with Gasteiger partial charge in [0, 0.05) is 30.4 Å². The molecule has 0 atom stereocenters. The largest absolute Gasteiger partial charge is 0.388 e. The fourth-order valence-electron chi connectivity index (χ4n) is 3.95. The first-order valence-electron chi connectivity index (χ1n) is 10.2. The van der Waals surface area contributed by atoms with E-state index in [1.165, 1.54) is 22.8 Å². The summed E-state index contributed by atoms with van der Waals surface area (Å²) in [4.78, 5) is 14.8. The zero-order chi connectivity index (χ0) is 22.3. The van der Waals surface area contributed by atoms with Crippen LogP contribution >= 0.6 is 0 Å². The standard InChI is InChI=1S/C23H24F2N4O2/c1-4-27-22(13-30)26-29(23(27)31)21-11-20-16(10-19(21)25)8-17(12-28(20)14(2)3)15-6-5-7-18(24)9-15/h5-11,14,30H,4,12-13H2,1-3H3. The third kappa shape index (κ3) is 3.67. The highest BCUT2D eigenvalue weighted by Gasteiger charge is 2.25. The van der Waals surface area contributed by atoms with Crippen molar-refractivity contribution >= 4 is 17.3 Å². The first kappa shape index (κ1) is 21.0. The molecule has 31 heavy (non-hydrogen) atoms. The van der Waals surface area contributed by atoms with Gasteiger partial charge in [0.05, 0.1) is 0 Å². The maximum absolute atomic E-state index is 15.1. The van der Waals surface area contributed by atoms with Crippen LogP contribution in [0.4, 0.5) is 14.5 Å². The number of anilines is 1. The maximum atomic E-state index is 15.1. The van der Waals surface area contributed by atoms with Crippen molar-refractivity contribution in [1.29, 1.82) is 0 Å². The van der Waals surface area contributed by atoms with Gasteiger partial charge in [0.2, 0.25) is 0 Å². The Bertz CT molecular complexity index is 1230. The molecule has 0 saturated carbocycles. The van der Waals surface area contributed by atoms with Gasteiger partial charge in [-0.05, 0) is 62.2 Å². The van der Waals surface area contributed by atoms with Crippen LogP contribution in [0, 0.1) is 11.6 Å². The van der Waals surface area contributed by atoms with Crippen LogP contribution in [-0.2, 0) is 13.2 Å². The second kappa shape index (κ2) is 8.11. The molecule has 1 aliphatic heterocycles. The van der Waals surface area contributed by atoms with Crippen molar-refractivity contribution in [3.8, 4) is 5.69 Å². The monoisotopic (exact) mass is 426 g/mol. The normalized spacial score (nSPS) is 13.5. The Morgan fingerprint density at radius 2 is 1.94 bits per heavy atom. The molecule has 0 spiro atoms. The van der Waals surface area contributed by atoms with E-state index < -0.39 is 18.1 Å². The van der Waals surface area contributed by atoms with Gasteiger partial charge in [-0.15, -0.1) is 5.10 Å². The highest BCUT2D eigenvalue weighted by Crippen LogP contribution is 2.36. The van der Waals surface area contributed by atoms with Crippen LogP contribution < -0.4 is 10.6 Å². The number of rotatable bonds is 5. The van der Waals surface area contributed by atoms with Crippen molar-refractivity contribution < 1.29 is 13.9 Å². The summed E-state index contributed by atoms with van der Waals surface area (Å²) in [5, 5.41) is 13.6. The molecule has 0 amide bonds. The molecule has 0 fully saturated rings. The number of hydrogen-bond donors (Lipinski definition) is 1. The Kier molecular flexibility index (Phi) is 5.49. The van der Waals surface area contributed by atoms with E-state index in [0.717, 1.165) is 21.5 Å². The third-order valence-corrected chi connectivity index (χ3v) is 5.52. The lowest BCUT2D eigenvalue weighted by atomic mass is 9.95. The third-order valence-electron chi connectivity index (χ3n) is 5.52. The van der Waals surface area contributed by atoms with Crippen molar-refractivity contribution in [2.45, 2.75) is 40.0 Å². The van der Waals surface area contributed by atoms with Gasteiger partial charge in [-0.25, -0.2) is 13.6 Å². The van der Waals surface area contributed by atoms with Crippen molar-refractivity contribution in [2.75, 3.05) is 11.4 Å². The molecule has 3 aromatic rings. The van der Waals surface area contributed by atoms with E-state index in [1.807, 2.05) is 26.0 Å². The fraction of sp³-hybridized carbons (Fsp3) is 0.304. The van der Waals surface area contributed by atoms with Gasteiger partial charge in [0.1, 0.15) is 23.9 Å². The average molecular weight is 426 g/mol. The molecule has 8 heteroatoms. The summed E-state index contributed by atoms with van der Waals surface area (Å²) >= 11 is 0. The molecule has 4 rings (SSSR count). The molecule has 2 heterocycles. The van der Waals surface area contributed by atoms with Crippen LogP contribution in [0.5, 0.6) is 0 Å². The minimum absolute atomic E-state index is 0.0268. The highest BCUT2D eigenvalue weighted by molar-refractivity contribution is 5.91. The number of benzene rings is 2. The Balaban J connectivity index is 1.88. The molecular formula is C23H24F2N4O2. The van der Waals surface area contributed by atoms with Gasteiger partial charge in [-0.2, -0.15) is 4.68 Å². The van der Waals surface area contributed by atoms with E-state index >= 15 is 4.39 Å². The predicted molar refractivity (Wildman–Crippen MR) is 116 cm³/mol. The van der Waals surface area contributed by atoms with Gasteiger partial charge >= 0.3 is 5.69 Å². The first-order chi connectivity index (χ1) is 14.8. The maximum Gasteiger partial charge on any atom is 0.350 e. The summed E-state index contributed by atoms with van der Waals surface area (Å²) < 4.78 is 31.2. The van der Waals surface area contributed by atoms with Crippen LogP contribution in [0.15, 0.2) is 41.2 Å². The van der Waals surface area contributed by atoms with Crippen LogP contribution in [0.2, 0.25) is 0 Å². The lowest BCUT2D eigenvalue weighted by molar-refractivity contribution is 0.264. The molecule has 0 aliphatic carbocycles. The van der Waals surface area contributed by atoms with Gasteiger partial charge in [0.15, 0.2) is 5.82 Å². The smallest absolute Gasteiger partial charge is 0.350 e. The second-order valence-electron chi connectivity index (χ2n) is 7.78. The molecule has 162 valence electrons. The summed E-state index contributed by atoms with van der Waals surface area (Å²) in [5.41, 5.74) is 2.54. The van der Waals surface area contributed by atoms with E-state index in [-0.39, 0.29) is 23.4 Å². The second-order valence-corrected chi connectivity index (χ2v) is 7.78. The number of halogens is 2. The Morgan fingerprint density at radius 3 is 2.55 bits per heavy atom. The summed E-state index contributed by atoms with van der Waals surface area (Å²) in [7, 11) is 0. The lowest BCUT2D eigenvalue weighted by Gasteiger charge is -2.35. The molecule has 1 N–H and O–H groups in total. The molecule has 6 nitrogen and oxygen atoms in total. The molecule has 0 bridgehead atoms. The van der Waals surface area contributed by atoms with E-state index in [0.29, 0.717) is 18.7 Å². The predicted octanol–water partition coefficient (Wildman–Crippen LogP) is 3.59. The van der Waals surface area contributed by atoms with Crippen LogP contribution in [0.1, 0.15) is 37.7 Å². The number of hydrogen-bond acceptors (Lipinski definition) is 4. The molecule has 0 unspecified atom stereocenters. The molecule has 1 aromatic heterocycles. The zero-order valence-electron chi connectivity index (χ0n) is 17.6. The van der Waals surface area contributed by atoms with Gasteiger partial charge in [-0.3, -0.25) is 4.57 Å². The number of aliphatic hydroxyl groups is 1. The van der Waals surface area contributed by atoms with Crippen molar-refractivity contribution in [1.82, 2.24) is 14.3 Å². The summed E-state index contributed by atoms with van der Waals surface area (Å²) in [5.74, 6) is -0.752. The minimum atomic E-state index is -0.605. The topological polar surface area (TPSA) is 63.3 Å². The lowest BCUT2D eigenvalue weighted by Crippen LogP contribution is -2.35. The summed E-state index contributed by atoms with van der Waals surface area (Å²) in [6, 6.07) is 9.39. The molecule has 2 aromatic carbocycles. The van der Waals surface area contributed by atoms with Crippen molar-refractivity contribution in [3.05, 3.63) is 75.5 Å². The summed E-state index contributed by atoms with van der Waals surface area (Å²) in [6.07, 6.45) is 1.85. The Morgan fingerprint density at radius 1 is 1.16 bits per heavy atom. The van der Waals surface area contributed by atoms with Gasteiger partial charge < -0.3 is 10.0 Å². The quantitative estimate of drug-likeness (QED) is 0.677.